The standard InChI is InChI=1S/C7H15NO2S/c1-4-6-8(3)11(9,10)7-5-2/h4H,1,5-7H2,2-3H3. The van der Waals surface area contributed by atoms with E-state index < -0.39 is 10.0 Å². The Labute approximate surface area is 68.8 Å². The van der Waals surface area contributed by atoms with Crippen LogP contribution in [0.5, 0.6) is 0 Å². The van der Waals surface area contributed by atoms with Crippen molar-refractivity contribution in [1.29, 1.82) is 0 Å². The maximum Gasteiger partial charge on any atom is 0.214 e. The van der Waals surface area contributed by atoms with E-state index in [0.717, 1.165) is 0 Å². The van der Waals surface area contributed by atoms with Crippen LogP contribution in [0.15, 0.2) is 12.7 Å². The second kappa shape index (κ2) is 4.51. The van der Waals surface area contributed by atoms with E-state index in [1.165, 1.54) is 4.31 Å². The van der Waals surface area contributed by atoms with E-state index in [1.54, 1.807) is 13.1 Å². The third kappa shape index (κ3) is 3.53. The van der Waals surface area contributed by atoms with Crippen molar-refractivity contribution in [1.82, 2.24) is 4.31 Å². The molecule has 0 aliphatic rings. The minimum Gasteiger partial charge on any atom is -0.212 e. The maximum atomic E-state index is 11.2. The molecule has 0 aliphatic heterocycles. The molecule has 11 heavy (non-hydrogen) atoms. The predicted octanol–water partition coefficient (Wildman–Crippen LogP) is 0.844. The Morgan fingerprint density at radius 3 is 2.45 bits per heavy atom. The van der Waals surface area contributed by atoms with Gasteiger partial charge in [0.15, 0.2) is 0 Å². The molecule has 0 aromatic heterocycles. The summed E-state index contributed by atoms with van der Waals surface area (Å²) in [6.07, 6.45) is 2.23. The third-order valence-corrected chi connectivity index (χ3v) is 3.35. The van der Waals surface area contributed by atoms with Crippen LogP contribution in [0.25, 0.3) is 0 Å². The summed E-state index contributed by atoms with van der Waals surface area (Å²) >= 11 is 0. The molecule has 0 aliphatic carbocycles. The first-order valence-electron chi connectivity index (χ1n) is 3.59. The number of nitrogens with zero attached hydrogens (tertiary/aromatic N) is 1. The molecule has 0 saturated carbocycles. The fraction of sp³-hybridized carbons (Fsp3) is 0.714. The minimum absolute atomic E-state index is 0.220. The van der Waals surface area contributed by atoms with Crippen molar-refractivity contribution in [2.24, 2.45) is 0 Å². The van der Waals surface area contributed by atoms with Gasteiger partial charge < -0.3 is 0 Å². The fourth-order valence-corrected chi connectivity index (χ4v) is 1.87. The normalized spacial score (nSPS) is 11.9. The molecule has 0 amide bonds. The van der Waals surface area contributed by atoms with Crippen LogP contribution >= 0.6 is 0 Å². The van der Waals surface area contributed by atoms with Gasteiger partial charge in [0.2, 0.25) is 10.0 Å². The summed E-state index contributed by atoms with van der Waals surface area (Å²) in [7, 11) is -1.45. The molecule has 0 radical (unpaired) electrons. The number of sulfonamides is 1. The second-order valence-corrected chi connectivity index (χ2v) is 4.58. The summed E-state index contributed by atoms with van der Waals surface area (Å²) in [5, 5.41) is 0. The molecular weight excluding hydrogens is 162 g/mol. The largest absolute Gasteiger partial charge is 0.214 e. The Bertz CT molecular complexity index is 208. The minimum atomic E-state index is -3.01. The summed E-state index contributed by atoms with van der Waals surface area (Å²) in [6.45, 7) is 5.71. The van der Waals surface area contributed by atoms with E-state index in [9.17, 15) is 8.42 Å². The van der Waals surface area contributed by atoms with Gasteiger partial charge in [-0.1, -0.05) is 13.0 Å². The van der Waals surface area contributed by atoms with Crippen LogP contribution in [-0.4, -0.2) is 32.1 Å². The Balaban J connectivity index is 4.18. The molecule has 0 aromatic rings. The number of rotatable bonds is 5. The van der Waals surface area contributed by atoms with Gasteiger partial charge >= 0.3 is 0 Å². The van der Waals surface area contributed by atoms with Crippen molar-refractivity contribution in [3.8, 4) is 0 Å². The SMILES string of the molecule is C=CCN(C)S(=O)(=O)CCC. The first kappa shape index (κ1) is 10.7. The lowest BCUT2D eigenvalue weighted by Gasteiger charge is -2.13. The quantitative estimate of drug-likeness (QED) is 0.584. The van der Waals surface area contributed by atoms with Crippen LogP contribution in [0, 0.1) is 0 Å². The zero-order chi connectivity index (χ0) is 8.91. The van der Waals surface area contributed by atoms with Gasteiger partial charge in [-0.05, 0) is 6.42 Å². The Hall–Kier alpha value is -0.350. The lowest BCUT2D eigenvalue weighted by Crippen LogP contribution is -2.28. The Morgan fingerprint density at radius 1 is 1.55 bits per heavy atom. The van der Waals surface area contributed by atoms with Gasteiger partial charge in [0.25, 0.3) is 0 Å². The Kier molecular flexibility index (Phi) is 4.37. The van der Waals surface area contributed by atoms with Crippen molar-refractivity contribution in [2.45, 2.75) is 13.3 Å². The van der Waals surface area contributed by atoms with Crippen molar-refractivity contribution in [2.75, 3.05) is 19.3 Å². The zero-order valence-electron chi connectivity index (χ0n) is 7.08. The highest BCUT2D eigenvalue weighted by Crippen LogP contribution is 1.99. The van der Waals surface area contributed by atoms with E-state index >= 15 is 0 Å². The maximum absolute atomic E-state index is 11.2. The molecule has 0 unspecified atom stereocenters. The van der Waals surface area contributed by atoms with Gasteiger partial charge in [-0.3, -0.25) is 0 Å². The Morgan fingerprint density at radius 2 is 2.09 bits per heavy atom. The van der Waals surface area contributed by atoms with Crippen LogP contribution in [0.3, 0.4) is 0 Å². The van der Waals surface area contributed by atoms with E-state index in [1.807, 2.05) is 6.92 Å². The molecule has 0 saturated heterocycles. The van der Waals surface area contributed by atoms with Crippen LogP contribution in [0.2, 0.25) is 0 Å². The van der Waals surface area contributed by atoms with Crippen LogP contribution < -0.4 is 0 Å². The van der Waals surface area contributed by atoms with Crippen molar-refractivity contribution in [3.05, 3.63) is 12.7 Å². The van der Waals surface area contributed by atoms with E-state index in [-0.39, 0.29) is 5.75 Å². The summed E-state index contributed by atoms with van der Waals surface area (Å²) < 4.78 is 23.7. The fourth-order valence-electron chi connectivity index (χ4n) is 0.709. The van der Waals surface area contributed by atoms with Crippen LogP contribution in [0.4, 0.5) is 0 Å². The third-order valence-electron chi connectivity index (χ3n) is 1.32. The molecule has 0 spiro atoms. The highest BCUT2D eigenvalue weighted by Gasteiger charge is 2.13. The van der Waals surface area contributed by atoms with Crippen LogP contribution in [0.1, 0.15) is 13.3 Å². The first-order chi connectivity index (χ1) is 5.04. The molecule has 0 atom stereocenters. The van der Waals surface area contributed by atoms with Gasteiger partial charge in [-0.2, -0.15) is 0 Å². The highest BCUT2D eigenvalue weighted by atomic mass is 32.2. The molecule has 4 heteroatoms. The molecule has 66 valence electrons. The second-order valence-electron chi connectivity index (χ2n) is 2.39. The smallest absolute Gasteiger partial charge is 0.212 e. The molecule has 0 heterocycles. The number of hydrogen-bond donors (Lipinski definition) is 0. The van der Waals surface area contributed by atoms with Crippen molar-refractivity contribution >= 4 is 10.0 Å². The summed E-state index contributed by atoms with van der Waals surface area (Å²) in [6, 6.07) is 0. The summed E-state index contributed by atoms with van der Waals surface area (Å²) in [5.41, 5.74) is 0. The van der Waals surface area contributed by atoms with E-state index in [0.29, 0.717) is 13.0 Å². The van der Waals surface area contributed by atoms with Gasteiger partial charge in [0, 0.05) is 13.6 Å². The van der Waals surface area contributed by atoms with Crippen molar-refractivity contribution in [3.63, 3.8) is 0 Å². The average molecular weight is 177 g/mol. The van der Waals surface area contributed by atoms with Crippen LogP contribution in [-0.2, 0) is 10.0 Å². The van der Waals surface area contributed by atoms with Gasteiger partial charge in [0.05, 0.1) is 5.75 Å². The summed E-state index contributed by atoms with van der Waals surface area (Å²) in [4.78, 5) is 0. The lowest BCUT2D eigenvalue weighted by molar-refractivity contribution is 0.498. The molecule has 0 N–H and O–H groups in total. The predicted molar refractivity (Wildman–Crippen MR) is 46.9 cm³/mol. The topological polar surface area (TPSA) is 37.4 Å². The molecule has 0 aromatic carbocycles. The molecular formula is C7H15NO2S. The molecule has 3 nitrogen and oxygen atoms in total. The molecule has 0 fully saturated rings. The van der Waals surface area contributed by atoms with E-state index in [4.69, 9.17) is 0 Å². The zero-order valence-corrected chi connectivity index (χ0v) is 7.89. The monoisotopic (exact) mass is 177 g/mol. The number of likely N-dealkylation sites (N-methyl/N-ethyl adjacent to an activating group) is 1. The highest BCUT2D eigenvalue weighted by molar-refractivity contribution is 7.89. The summed E-state index contributed by atoms with van der Waals surface area (Å²) in [5.74, 6) is 0.220. The van der Waals surface area contributed by atoms with Gasteiger partial charge in [-0.15, -0.1) is 6.58 Å². The number of hydrogen-bond acceptors (Lipinski definition) is 2. The first-order valence-corrected chi connectivity index (χ1v) is 5.20. The average Bonchev–Trinajstić information content (AvgIpc) is 1.88. The van der Waals surface area contributed by atoms with E-state index in [2.05, 4.69) is 6.58 Å². The van der Waals surface area contributed by atoms with Crippen molar-refractivity contribution < 1.29 is 8.42 Å². The molecule has 0 rings (SSSR count). The van der Waals surface area contributed by atoms with Gasteiger partial charge in [0.1, 0.15) is 0 Å². The lowest BCUT2D eigenvalue weighted by atomic mass is 10.6. The molecule has 0 bridgehead atoms. The van der Waals surface area contributed by atoms with Gasteiger partial charge in [-0.25, -0.2) is 12.7 Å².